The quantitative estimate of drug-likeness (QED) is 0.464. The number of aromatic nitrogens is 3. The normalized spacial score (nSPS) is 18.3. The van der Waals surface area contributed by atoms with E-state index < -0.39 is 0 Å². The summed E-state index contributed by atoms with van der Waals surface area (Å²) in [6.07, 6.45) is 5.26. The van der Waals surface area contributed by atoms with Crippen LogP contribution in [-0.4, -0.2) is 43.7 Å². The number of carbonyl (C=O) groups excluding carboxylic acids is 1. The lowest BCUT2D eigenvalue weighted by Crippen LogP contribution is -2.36. The summed E-state index contributed by atoms with van der Waals surface area (Å²) in [6, 6.07) is 12.8. The third-order valence-corrected chi connectivity index (χ3v) is 5.42. The summed E-state index contributed by atoms with van der Waals surface area (Å²) in [7, 11) is 0. The lowest BCUT2D eigenvalue weighted by Gasteiger charge is -2.28. The van der Waals surface area contributed by atoms with E-state index in [1.54, 1.807) is 25.4 Å². The summed E-state index contributed by atoms with van der Waals surface area (Å²) in [6.45, 7) is 2.13. The first kappa shape index (κ1) is 20.3. The lowest BCUT2D eigenvalue weighted by atomic mass is 10.0. The maximum Gasteiger partial charge on any atom is 0.325 e. The van der Waals surface area contributed by atoms with E-state index >= 15 is 0 Å². The number of ether oxygens (including phenoxy) is 1. The molecule has 0 spiro atoms. The summed E-state index contributed by atoms with van der Waals surface area (Å²) < 4.78 is 7.13. The summed E-state index contributed by atoms with van der Waals surface area (Å²) >= 11 is 11.6. The van der Waals surface area contributed by atoms with Gasteiger partial charge in [-0.2, -0.15) is 0 Å². The Morgan fingerprint density at radius 1 is 1.23 bits per heavy atom. The van der Waals surface area contributed by atoms with Crippen molar-refractivity contribution in [2.45, 2.75) is 19.0 Å². The summed E-state index contributed by atoms with van der Waals surface area (Å²) in [4.78, 5) is 23.1. The summed E-state index contributed by atoms with van der Waals surface area (Å²) in [5, 5.41) is 4.36. The molecule has 154 valence electrons. The average molecular weight is 442 g/mol. The van der Waals surface area contributed by atoms with Crippen LogP contribution in [0, 0.1) is 0 Å². The molecule has 7 nitrogen and oxygen atoms in total. The van der Waals surface area contributed by atoms with E-state index in [-0.39, 0.29) is 24.6 Å². The number of halogens is 1. The molecule has 0 bridgehead atoms. The van der Waals surface area contributed by atoms with Crippen LogP contribution in [0.3, 0.4) is 0 Å². The number of esters is 1. The molecule has 0 aliphatic carbocycles. The fraction of sp³-hybridized carbons (Fsp3) is 0.238. The van der Waals surface area contributed by atoms with Crippen LogP contribution in [-0.2, 0) is 9.53 Å². The molecule has 0 unspecified atom stereocenters. The minimum Gasteiger partial charge on any atom is -0.465 e. The lowest BCUT2D eigenvalue weighted by molar-refractivity contribution is -0.143. The van der Waals surface area contributed by atoms with Gasteiger partial charge in [-0.1, -0.05) is 17.7 Å². The molecule has 1 aliphatic heterocycles. The zero-order valence-corrected chi connectivity index (χ0v) is 17.8. The molecular weight excluding hydrogens is 422 g/mol. The van der Waals surface area contributed by atoms with Crippen LogP contribution >= 0.6 is 23.8 Å². The summed E-state index contributed by atoms with van der Waals surface area (Å²) in [5.41, 5.74) is 1.74. The van der Waals surface area contributed by atoms with Gasteiger partial charge in [-0.25, -0.2) is 4.98 Å². The van der Waals surface area contributed by atoms with Crippen LogP contribution in [0.1, 0.15) is 30.4 Å². The van der Waals surface area contributed by atoms with Gasteiger partial charge in [-0.15, -0.1) is 0 Å². The van der Waals surface area contributed by atoms with Crippen LogP contribution in [0.25, 0.3) is 5.82 Å². The SMILES string of the molecule is CCOC(=O)CN1C(=S)N[C@@H](c2ccccn2)[C@H]1c1cccn1-c1ccc(Cl)cn1. The molecule has 4 rings (SSSR count). The van der Waals surface area contributed by atoms with E-state index in [0.29, 0.717) is 22.6 Å². The van der Waals surface area contributed by atoms with Gasteiger partial charge in [0.2, 0.25) is 0 Å². The van der Waals surface area contributed by atoms with E-state index in [1.165, 1.54) is 0 Å². The van der Waals surface area contributed by atoms with E-state index in [9.17, 15) is 4.79 Å². The molecule has 3 aromatic heterocycles. The van der Waals surface area contributed by atoms with Crippen LogP contribution in [0.2, 0.25) is 5.02 Å². The van der Waals surface area contributed by atoms with Gasteiger partial charge in [0.05, 0.1) is 29.4 Å². The second-order valence-corrected chi connectivity index (χ2v) is 7.52. The molecule has 30 heavy (non-hydrogen) atoms. The molecule has 9 heteroatoms. The fourth-order valence-corrected chi connectivity index (χ4v) is 4.01. The molecule has 2 atom stereocenters. The van der Waals surface area contributed by atoms with Crippen molar-refractivity contribution in [2.24, 2.45) is 0 Å². The number of rotatable bonds is 6. The number of pyridine rings is 2. The third kappa shape index (κ3) is 4.01. The Hall–Kier alpha value is -2.97. The zero-order chi connectivity index (χ0) is 21.1. The Labute approximate surface area is 184 Å². The Morgan fingerprint density at radius 3 is 2.80 bits per heavy atom. The maximum atomic E-state index is 12.3. The van der Waals surface area contributed by atoms with Crippen molar-refractivity contribution in [1.82, 2.24) is 24.8 Å². The van der Waals surface area contributed by atoms with Crippen molar-refractivity contribution in [1.29, 1.82) is 0 Å². The van der Waals surface area contributed by atoms with Crippen molar-refractivity contribution in [2.75, 3.05) is 13.2 Å². The molecule has 0 aromatic carbocycles. The highest BCUT2D eigenvalue weighted by molar-refractivity contribution is 7.80. The van der Waals surface area contributed by atoms with Gasteiger partial charge in [-0.3, -0.25) is 9.78 Å². The molecule has 1 N–H and O–H groups in total. The Bertz CT molecular complexity index is 1040. The minimum atomic E-state index is -0.337. The van der Waals surface area contributed by atoms with Gasteiger partial charge in [0.15, 0.2) is 5.11 Å². The second-order valence-electron chi connectivity index (χ2n) is 6.70. The third-order valence-electron chi connectivity index (χ3n) is 4.84. The van der Waals surface area contributed by atoms with Crippen molar-refractivity contribution >= 4 is 34.9 Å². The molecule has 0 saturated carbocycles. The van der Waals surface area contributed by atoms with Crippen molar-refractivity contribution in [3.63, 3.8) is 0 Å². The molecule has 4 heterocycles. The molecule has 0 radical (unpaired) electrons. The predicted molar refractivity (Wildman–Crippen MR) is 117 cm³/mol. The van der Waals surface area contributed by atoms with Gasteiger partial charge in [0, 0.05) is 24.3 Å². The number of carbonyl (C=O) groups is 1. The van der Waals surface area contributed by atoms with Crippen molar-refractivity contribution < 1.29 is 9.53 Å². The smallest absolute Gasteiger partial charge is 0.325 e. The Kier molecular flexibility index (Phi) is 5.96. The van der Waals surface area contributed by atoms with E-state index in [4.69, 9.17) is 28.6 Å². The Morgan fingerprint density at radius 2 is 2.10 bits per heavy atom. The predicted octanol–water partition coefficient (Wildman–Crippen LogP) is 3.46. The number of nitrogens with one attached hydrogen (secondary N) is 1. The van der Waals surface area contributed by atoms with Gasteiger partial charge < -0.3 is 19.5 Å². The molecule has 1 fully saturated rings. The molecular formula is C21H20ClN5O2S. The fourth-order valence-electron chi connectivity index (χ4n) is 3.60. The van der Waals surface area contributed by atoms with Crippen LogP contribution in [0.4, 0.5) is 0 Å². The van der Waals surface area contributed by atoms with Crippen molar-refractivity contribution in [3.05, 3.63) is 77.5 Å². The van der Waals surface area contributed by atoms with Gasteiger partial charge in [0.25, 0.3) is 0 Å². The zero-order valence-electron chi connectivity index (χ0n) is 16.2. The van der Waals surface area contributed by atoms with Crippen LogP contribution < -0.4 is 5.32 Å². The molecule has 1 aliphatic rings. The maximum absolute atomic E-state index is 12.3. The highest BCUT2D eigenvalue weighted by Crippen LogP contribution is 2.39. The highest BCUT2D eigenvalue weighted by Gasteiger charge is 2.42. The number of nitrogens with zero attached hydrogens (tertiary/aromatic N) is 4. The van der Waals surface area contributed by atoms with E-state index in [1.807, 2.05) is 52.1 Å². The number of hydrogen-bond donors (Lipinski definition) is 1. The summed E-state index contributed by atoms with van der Waals surface area (Å²) in [5.74, 6) is 0.379. The Balaban J connectivity index is 1.77. The first-order valence-corrected chi connectivity index (χ1v) is 10.3. The first-order valence-electron chi connectivity index (χ1n) is 9.51. The van der Waals surface area contributed by atoms with E-state index in [2.05, 4.69) is 15.3 Å². The first-order chi connectivity index (χ1) is 14.6. The van der Waals surface area contributed by atoms with Crippen LogP contribution in [0.5, 0.6) is 0 Å². The van der Waals surface area contributed by atoms with E-state index in [0.717, 1.165) is 11.4 Å². The van der Waals surface area contributed by atoms with Gasteiger partial charge >= 0.3 is 5.97 Å². The average Bonchev–Trinajstić information content (AvgIpc) is 3.34. The van der Waals surface area contributed by atoms with Gasteiger partial charge in [-0.05, 0) is 55.5 Å². The standard InChI is InChI=1S/C21H20ClN5O2S/c1-2-29-18(28)13-27-20(19(25-21(27)30)15-6-3-4-10-23-15)16-7-5-11-26(16)17-9-8-14(22)12-24-17/h3-12,19-20H,2,13H2,1H3,(H,25,30)/t19-,20+/m0/s1. The minimum absolute atomic E-state index is 0.0346. The topological polar surface area (TPSA) is 72.3 Å². The molecule has 1 saturated heterocycles. The highest BCUT2D eigenvalue weighted by atomic mass is 35.5. The molecule has 0 amide bonds. The number of hydrogen-bond acceptors (Lipinski definition) is 5. The second kappa shape index (κ2) is 8.81. The monoisotopic (exact) mass is 441 g/mol. The van der Waals surface area contributed by atoms with Crippen LogP contribution in [0.15, 0.2) is 61.1 Å². The van der Waals surface area contributed by atoms with Crippen molar-refractivity contribution in [3.8, 4) is 5.82 Å². The van der Waals surface area contributed by atoms with Gasteiger partial charge in [0.1, 0.15) is 12.4 Å². The largest absolute Gasteiger partial charge is 0.465 e. The number of thiocarbonyl (C=S) groups is 1. The molecule has 3 aromatic rings.